The number of aromatic amines is 2. The number of amides is 1. The summed E-state index contributed by atoms with van der Waals surface area (Å²) in [6, 6.07) is 9.48. The van der Waals surface area contributed by atoms with E-state index in [1.54, 1.807) is 7.11 Å². The van der Waals surface area contributed by atoms with E-state index in [-0.39, 0.29) is 28.5 Å². The molecule has 0 aliphatic carbocycles. The summed E-state index contributed by atoms with van der Waals surface area (Å²) in [5.74, 6) is 0.603. The van der Waals surface area contributed by atoms with Crippen LogP contribution in [0.15, 0.2) is 46.1 Å². The molecule has 0 unspecified atom stereocenters. The average Bonchev–Trinajstić information content (AvgIpc) is 2.75. The molecule has 156 valence electrons. The summed E-state index contributed by atoms with van der Waals surface area (Å²) in [7, 11) is 1.67. The number of rotatable bonds is 5. The highest BCUT2D eigenvalue weighted by atomic mass is 16.5. The number of hydrogen-bond acceptors (Lipinski definition) is 6. The number of likely N-dealkylation sites (tertiary alicyclic amines) is 1. The lowest BCUT2D eigenvalue weighted by Gasteiger charge is -2.32. The number of methoxy groups -OCH3 is 1. The Morgan fingerprint density at radius 1 is 1.23 bits per heavy atom. The number of benzene rings is 1. The number of nitrogens with one attached hydrogen (secondary N) is 3. The van der Waals surface area contributed by atoms with E-state index in [4.69, 9.17) is 4.74 Å². The maximum atomic E-state index is 12.6. The second-order valence-electron chi connectivity index (χ2n) is 7.36. The Bertz CT molecular complexity index is 1180. The number of piperidine rings is 1. The molecule has 0 radical (unpaired) electrons. The summed E-state index contributed by atoms with van der Waals surface area (Å²) in [4.78, 5) is 46.8. The maximum absolute atomic E-state index is 12.6. The SMILES string of the molecule is COc1ccccc1CN1CCC(NC(=O)c2cnc3[nH]c(=O)[nH]c(=O)c3c2)CC1. The molecule has 0 atom stereocenters. The quantitative estimate of drug-likeness (QED) is 0.579. The number of aromatic nitrogens is 3. The van der Waals surface area contributed by atoms with E-state index >= 15 is 0 Å². The van der Waals surface area contributed by atoms with Crippen LogP contribution in [0.3, 0.4) is 0 Å². The minimum absolute atomic E-state index is 0.0518. The summed E-state index contributed by atoms with van der Waals surface area (Å²) < 4.78 is 5.42. The Hall–Kier alpha value is -3.46. The Balaban J connectivity index is 1.37. The van der Waals surface area contributed by atoms with E-state index < -0.39 is 11.2 Å². The summed E-state index contributed by atoms with van der Waals surface area (Å²) >= 11 is 0. The molecule has 1 saturated heterocycles. The average molecular weight is 409 g/mol. The Kier molecular flexibility index (Phi) is 5.62. The second kappa shape index (κ2) is 8.50. The number of H-pyrrole nitrogens is 2. The minimum Gasteiger partial charge on any atom is -0.496 e. The predicted molar refractivity (Wildman–Crippen MR) is 112 cm³/mol. The molecule has 30 heavy (non-hydrogen) atoms. The summed E-state index contributed by atoms with van der Waals surface area (Å²) in [6.07, 6.45) is 3.02. The van der Waals surface area contributed by atoms with Crippen LogP contribution in [-0.2, 0) is 6.54 Å². The predicted octanol–water partition coefficient (Wildman–Crippen LogP) is 1.01. The summed E-state index contributed by atoms with van der Waals surface area (Å²) in [5.41, 5.74) is 0.395. The fourth-order valence-electron chi connectivity index (χ4n) is 3.75. The maximum Gasteiger partial charge on any atom is 0.327 e. The van der Waals surface area contributed by atoms with Gasteiger partial charge in [-0.15, -0.1) is 0 Å². The molecule has 0 bridgehead atoms. The van der Waals surface area contributed by atoms with Crippen LogP contribution in [0.2, 0.25) is 0 Å². The molecule has 3 aromatic rings. The Morgan fingerprint density at radius 2 is 2.00 bits per heavy atom. The number of para-hydroxylation sites is 1. The van der Waals surface area contributed by atoms with Gasteiger partial charge in [-0.2, -0.15) is 0 Å². The van der Waals surface area contributed by atoms with Gasteiger partial charge in [0, 0.05) is 37.4 Å². The molecule has 3 heterocycles. The van der Waals surface area contributed by atoms with Gasteiger partial charge in [-0.05, 0) is 25.0 Å². The van der Waals surface area contributed by atoms with Crippen LogP contribution in [0, 0.1) is 0 Å². The summed E-state index contributed by atoms with van der Waals surface area (Å²) in [6.45, 7) is 2.53. The van der Waals surface area contributed by atoms with Crippen molar-refractivity contribution in [2.75, 3.05) is 20.2 Å². The van der Waals surface area contributed by atoms with Gasteiger partial charge in [-0.25, -0.2) is 9.78 Å². The molecule has 1 fully saturated rings. The lowest BCUT2D eigenvalue weighted by Crippen LogP contribution is -2.44. The Morgan fingerprint density at radius 3 is 2.77 bits per heavy atom. The van der Waals surface area contributed by atoms with E-state index in [2.05, 4.69) is 31.2 Å². The van der Waals surface area contributed by atoms with Gasteiger partial charge in [-0.1, -0.05) is 18.2 Å². The number of carbonyl (C=O) groups excluding carboxylic acids is 1. The van der Waals surface area contributed by atoms with Gasteiger partial charge in [0.15, 0.2) is 0 Å². The number of carbonyl (C=O) groups is 1. The smallest absolute Gasteiger partial charge is 0.327 e. The highest BCUT2D eigenvalue weighted by molar-refractivity contribution is 5.96. The van der Waals surface area contributed by atoms with Crippen LogP contribution >= 0.6 is 0 Å². The molecule has 4 rings (SSSR count). The number of fused-ring (bicyclic) bond motifs is 1. The fourth-order valence-corrected chi connectivity index (χ4v) is 3.75. The van der Waals surface area contributed by atoms with E-state index in [1.165, 1.54) is 12.3 Å². The third-order valence-corrected chi connectivity index (χ3v) is 5.36. The molecule has 9 heteroatoms. The van der Waals surface area contributed by atoms with Gasteiger partial charge in [0.05, 0.1) is 18.1 Å². The second-order valence-corrected chi connectivity index (χ2v) is 7.36. The van der Waals surface area contributed by atoms with Crippen LogP contribution in [-0.4, -0.2) is 52.0 Å². The normalized spacial score (nSPS) is 15.2. The van der Waals surface area contributed by atoms with E-state index in [0.717, 1.165) is 43.8 Å². The fraction of sp³-hybridized carbons (Fsp3) is 0.333. The molecule has 3 N–H and O–H groups in total. The van der Waals surface area contributed by atoms with Gasteiger partial charge in [-0.3, -0.25) is 24.5 Å². The molecule has 0 spiro atoms. The molecule has 0 saturated carbocycles. The number of nitrogens with zero attached hydrogens (tertiary/aromatic N) is 2. The van der Waals surface area contributed by atoms with Crippen molar-refractivity contribution in [3.8, 4) is 5.75 Å². The van der Waals surface area contributed by atoms with Crippen molar-refractivity contribution in [3.05, 3.63) is 68.5 Å². The molecular formula is C21H23N5O4. The van der Waals surface area contributed by atoms with Crippen LogP contribution in [0.5, 0.6) is 5.75 Å². The monoisotopic (exact) mass is 409 g/mol. The van der Waals surface area contributed by atoms with Crippen molar-refractivity contribution in [1.29, 1.82) is 0 Å². The Labute approximate surface area is 172 Å². The number of hydrogen-bond donors (Lipinski definition) is 3. The largest absolute Gasteiger partial charge is 0.496 e. The lowest BCUT2D eigenvalue weighted by atomic mass is 10.0. The van der Waals surface area contributed by atoms with Gasteiger partial charge in [0.2, 0.25) is 0 Å². The molecule has 1 aromatic carbocycles. The van der Waals surface area contributed by atoms with Crippen LogP contribution in [0.4, 0.5) is 0 Å². The first-order chi connectivity index (χ1) is 14.5. The standard InChI is InChI=1S/C21H23N5O4/c1-30-17-5-3-2-4-13(17)12-26-8-6-15(7-9-26)23-19(27)14-10-16-18(22-11-14)24-21(29)25-20(16)28/h2-5,10-11,15H,6-9,12H2,1H3,(H,23,27)(H2,22,24,25,28,29). The molecule has 2 aromatic heterocycles. The number of pyridine rings is 1. The third kappa shape index (κ3) is 4.25. The van der Waals surface area contributed by atoms with Crippen molar-refractivity contribution in [3.63, 3.8) is 0 Å². The summed E-state index contributed by atoms with van der Waals surface area (Å²) in [5, 5.41) is 3.20. The molecule has 1 aliphatic rings. The van der Waals surface area contributed by atoms with Crippen molar-refractivity contribution >= 4 is 16.9 Å². The van der Waals surface area contributed by atoms with E-state index in [0.29, 0.717) is 0 Å². The van der Waals surface area contributed by atoms with Gasteiger partial charge in [0.1, 0.15) is 11.4 Å². The lowest BCUT2D eigenvalue weighted by molar-refractivity contribution is 0.0908. The highest BCUT2D eigenvalue weighted by Gasteiger charge is 2.22. The van der Waals surface area contributed by atoms with Crippen molar-refractivity contribution in [2.45, 2.75) is 25.4 Å². The topological polar surface area (TPSA) is 120 Å². The van der Waals surface area contributed by atoms with Crippen LogP contribution < -0.4 is 21.3 Å². The van der Waals surface area contributed by atoms with Crippen molar-refractivity contribution in [1.82, 2.24) is 25.2 Å². The highest BCUT2D eigenvalue weighted by Crippen LogP contribution is 2.21. The van der Waals surface area contributed by atoms with Crippen LogP contribution in [0.1, 0.15) is 28.8 Å². The third-order valence-electron chi connectivity index (χ3n) is 5.36. The zero-order chi connectivity index (χ0) is 21.1. The zero-order valence-electron chi connectivity index (χ0n) is 16.6. The first kappa shape index (κ1) is 19.8. The molecular weight excluding hydrogens is 386 g/mol. The minimum atomic E-state index is -0.628. The molecule has 9 nitrogen and oxygen atoms in total. The van der Waals surface area contributed by atoms with Crippen LogP contribution in [0.25, 0.3) is 11.0 Å². The molecule has 1 amide bonds. The van der Waals surface area contributed by atoms with E-state index in [9.17, 15) is 14.4 Å². The van der Waals surface area contributed by atoms with Gasteiger partial charge >= 0.3 is 5.69 Å². The first-order valence-corrected chi connectivity index (χ1v) is 9.81. The van der Waals surface area contributed by atoms with Gasteiger partial charge < -0.3 is 10.1 Å². The van der Waals surface area contributed by atoms with Crippen molar-refractivity contribution < 1.29 is 9.53 Å². The van der Waals surface area contributed by atoms with E-state index in [1.807, 2.05) is 18.2 Å². The number of ether oxygens (including phenoxy) is 1. The first-order valence-electron chi connectivity index (χ1n) is 9.81. The van der Waals surface area contributed by atoms with Gasteiger partial charge in [0.25, 0.3) is 11.5 Å². The van der Waals surface area contributed by atoms with Crippen molar-refractivity contribution in [2.24, 2.45) is 0 Å². The molecule has 1 aliphatic heterocycles. The zero-order valence-corrected chi connectivity index (χ0v) is 16.6.